The number of furan rings is 1. The van der Waals surface area contributed by atoms with Crippen molar-refractivity contribution in [2.45, 2.75) is 20.5 Å². The predicted molar refractivity (Wildman–Crippen MR) is 79.9 cm³/mol. The number of aryl methyl sites for hydroxylation is 1. The van der Waals surface area contributed by atoms with Crippen LogP contribution in [0.15, 0.2) is 34.9 Å². The minimum absolute atomic E-state index is 0.0491. The summed E-state index contributed by atoms with van der Waals surface area (Å²) in [5.41, 5.74) is 1.86. The first-order valence-corrected chi connectivity index (χ1v) is 6.67. The van der Waals surface area contributed by atoms with Crippen LogP contribution in [-0.2, 0) is 16.1 Å². The number of hydrogen-bond acceptors (Lipinski definition) is 5. The van der Waals surface area contributed by atoms with Crippen molar-refractivity contribution >= 4 is 17.6 Å². The van der Waals surface area contributed by atoms with Crippen LogP contribution in [0.25, 0.3) is 0 Å². The topological polar surface area (TPSA) is 77.8 Å². The fourth-order valence-electron chi connectivity index (χ4n) is 1.93. The molecule has 0 aliphatic heterocycles. The van der Waals surface area contributed by atoms with Crippen LogP contribution in [0.1, 0.15) is 28.6 Å². The number of rotatable bonds is 5. The molecule has 0 aliphatic rings. The lowest BCUT2D eigenvalue weighted by Crippen LogP contribution is -2.09. The lowest BCUT2D eigenvalue weighted by Gasteiger charge is -2.12. The van der Waals surface area contributed by atoms with Gasteiger partial charge in [-0.05, 0) is 30.7 Å². The van der Waals surface area contributed by atoms with E-state index < -0.39 is 5.97 Å². The molecule has 0 unspecified atom stereocenters. The van der Waals surface area contributed by atoms with Crippen LogP contribution in [0.2, 0.25) is 0 Å². The monoisotopic (exact) mass is 303 g/mol. The molecule has 0 saturated carbocycles. The first-order valence-electron chi connectivity index (χ1n) is 6.67. The van der Waals surface area contributed by atoms with E-state index in [1.54, 1.807) is 12.1 Å². The summed E-state index contributed by atoms with van der Waals surface area (Å²) < 4.78 is 15.6. The van der Waals surface area contributed by atoms with Gasteiger partial charge in [0.15, 0.2) is 5.76 Å². The summed E-state index contributed by atoms with van der Waals surface area (Å²) in [6.07, 6.45) is 1.40. The smallest absolute Gasteiger partial charge is 0.341 e. The lowest BCUT2D eigenvalue weighted by molar-refractivity contribution is -0.114. The van der Waals surface area contributed by atoms with Crippen molar-refractivity contribution in [2.75, 3.05) is 12.4 Å². The van der Waals surface area contributed by atoms with Crippen molar-refractivity contribution in [1.82, 2.24) is 0 Å². The zero-order valence-electron chi connectivity index (χ0n) is 12.6. The summed E-state index contributed by atoms with van der Waals surface area (Å²) in [6, 6.07) is 6.95. The summed E-state index contributed by atoms with van der Waals surface area (Å²) in [5.74, 6) is 0.185. The molecule has 2 rings (SSSR count). The summed E-state index contributed by atoms with van der Waals surface area (Å²) >= 11 is 0. The highest BCUT2D eigenvalue weighted by atomic mass is 16.5. The van der Waals surface area contributed by atoms with Gasteiger partial charge in [-0.3, -0.25) is 4.79 Å². The number of carbonyl (C=O) groups excluding carboxylic acids is 2. The molecule has 0 fully saturated rings. The minimum Gasteiger partial charge on any atom is -0.483 e. The van der Waals surface area contributed by atoms with E-state index >= 15 is 0 Å². The molecule has 1 heterocycles. The zero-order valence-corrected chi connectivity index (χ0v) is 12.6. The van der Waals surface area contributed by atoms with Gasteiger partial charge in [0, 0.05) is 6.92 Å². The van der Waals surface area contributed by atoms with Crippen LogP contribution >= 0.6 is 0 Å². The molecule has 0 bridgehead atoms. The fourth-order valence-corrected chi connectivity index (χ4v) is 1.93. The van der Waals surface area contributed by atoms with Gasteiger partial charge in [-0.2, -0.15) is 0 Å². The maximum absolute atomic E-state index is 11.6. The highest BCUT2D eigenvalue weighted by Crippen LogP contribution is 2.27. The molecule has 0 spiro atoms. The Morgan fingerprint density at radius 1 is 1.27 bits per heavy atom. The number of esters is 1. The second-order valence-electron chi connectivity index (χ2n) is 4.72. The van der Waals surface area contributed by atoms with Crippen molar-refractivity contribution in [1.29, 1.82) is 0 Å². The average Bonchev–Trinajstić information content (AvgIpc) is 2.94. The van der Waals surface area contributed by atoms with Crippen LogP contribution in [0.3, 0.4) is 0 Å². The van der Waals surface area contributed by atoms with Gasteiger partial charge in [0.05, 0.1) is 19.1 Å². The first kappa shape index (κ1) is 15.6. The van der Waals surface area contributed by atoms with Gasteiger partial charge >= 0.3 is 5.97 Å². The van der Waals surface area contributed by atoms with Crippen molar-refractivity contribution < 1.29 is 23.5 Å². The third-order valence-corrected chi connectivity index (χ3v) is 2.96. The molecule has 1 N–H and O–H groups in total. The summed E-state index contributed by atoms with van der Waals surface area (Å²) in [7, 11) is 1.30. The highest BCUT2D eigenvalue weighted by molar-refractivity contribution is 5.91. The molecular weight excluding hydrogens is 286 g/mol. The quantitative estimate of drug-likeness (QED) is 0.859. The van der Waals surface area contributed by atoms with Gasteiger partial charge in [-0.15, -0.1) is 0 Å². The molecular formula is C16H17NO5. The molecule has 1 aromatic heterocycles. The Morgan fingerprint density at radius 2 is 2.05 bits per heavy atom. The molecule has 1 amide bonds. The Labute approximate surface area is 128 Å². The number of hydrogen-bond donors (Lipinski definition) is 1. The van der Waals surface area contributed by atoms with Gasteiger partial charge in [0.25, 0.3) is 0 Å². The van der Waals surface area contributed by atoms with Crippen molar-refractivity contribution in [3.63, 3.8) is 0 Å². The minimum atomic E-state index is -0.487. The summed E-state index contributed by atoms with van der Waals surface area (Å²) in [5, 5.41) is 2.69. The van der Waals surface area contributed by atoms with E-state index in [1.165, 1.54) is 26.4 Å². The maximum atomic E-state index is 11.6. The standard InChI is InChI=1S/C16H17NO5/c1-10-4-5-13(17-11(2)18)14(8-10)22-9-15-12(6-7-21-15)16(19)20-3/h4-8H,9H2,1-3H3,(H,17,18). The zero-order chi connectivity index (χ0) is 16.1. The van der Waals surface area contributed by atoms with Gasteiger partial charge in [-0.25, -0.2) is 4.79 Å². The third-order valence-electron chi connectivity index (χ3n) is 2.96. The van der Waals surface area contributed by atoms with Crippen molar-refractivity contribution in [3.05, 3.63) is 47.4 Å². The molecule has 2 aromatic rings. The van der Waals surface area contributed by atoms with E-state index in [-0.39, 0.29) is 12.5 Å². The molecule has 116 valence electrons. The third kappa shape index (κ3) is 3.66. The van der Waals surface area contributed by atoms with Crippen LogP contribution < -0.4 is 10.1 Å². The summed E-state index contributed by atoms with van der Waals surface area (Å²) in [6.45, 7) is 3.39. The number of carbonyl (C=O) groups is 2. The number of methoxy groups -OCH3 is 1. The fraction of sp³-hybridized carbons (Fsp3) is 0.250. The Kier molecular flexibility index (Phi) is 4.83. The van der Waals surface area contributed by atoms with E-state index in [0.717, 1.165) is 5.56 Å². The Morgan fingerprint density at radius 3 is 2.73 bits per heavy atom. The van der Waals surface area contributed by atoms with Gasteiger partial charge in [0.2, 0.25) is 5.91 Å². The van der Waals surface area contributed by atoms with Crippen LogP contribution in [0.4, 0.5) is 5.69 Å². The second-order valence-corrected chi connectivity index (χ2v) is 4.72. The van der Waals surface area contributed by atoms with Crippen molar-refractivity contribution in [3.8, 4) is 5.75 Å². The normalized spacial score (nSPS) is 10.1. The molecule has 0 radical (unpaired) electrons. The van der Waals surface area contributed by atoms with Gasteiger partial charge < -0.3 is 19.2 Å². The van der Waals surface area contributed by atoms with Gasteiger partial charge in [0.1, 0.15) is 17.9 Å². The van der Waals surface area contributed by atoms with E-state index in [0.29, 0.717) is 22.8 Å². The number of nitrogens with one attached hydrogen (secondary N) is 1. The molecule has 6 nitrogen and oxygen atoms in total. The average molecular weight is 303 g/mol. The highest BCUT2D eigenvalue weighted by Gasteiger charge is 2.16. The Balaban J connectivity index is 2.18. The lowest BCUT2D eigenvalue weighted by atomic mass is 10.2. The first-order chi connectivity index (χ1) is 10.5. The van der Waals surface area contributed by atoms with Crippen LogP contribution in [-0.4, -0.2) is 19.0 Å². The molecule has 1 aromatic carbocycles. The SMILES string of the molecule is COC(=O)c1ccoc1COc1cc(C)ccc1NC(C)=O. The van der Waals surface area contributed by atoms with E-state index in [2.05, 4.69) is 10.1 Å². The van der Waals surface area contributed by atoms with Crippen LogP contribution in [0.5, 0.6) is 5.75 Å². The van der Waals surface area contributed by atoms with Gasteiger partial charge in [-0.1, -0.05) is 6.07 Å². The van der Waals surface area contributed by atoms with E-state index in [9.17, 15) is 9.59 Å². The molecule has 22 heavy (non-hydrogen) atoms. The molecule has 0 aliphatic carbocycles. The van der Waals surface area contributed by atoms with Crippen LogP contribution in [0, 0.1) is 6.92 Å². The number of ether oxygens (including phenoxy) is 2. The van der Waals surface area contributed by atoms with Crippen molar-refractivity contribution in [2.24, 2.45) is 0 Å². The molecule has 0 saturated heterocycles. The second kappa shape index (κ2) is 6.80. The van der Waals surface area contributed by atoms with E-state index in [1.807, 2.05) is 13.0 Å². The Bertz CT molecular complexity index is 690. The number of benzene rings is 1. The van der Waals surface area contributed by atoms with E-state index in [4.69, 9.17) is 9.15 Å². The summed E-state index contributed by atoms with van der Waals surface area (Å²) in [4.78, 5) is 22.8. The largest absolute Gasteiger partial charge is 0.483 e. The molecule has 6 heteroatoms. The Hall–Kier alpha value is -2.76. The number of anilines is 1. The number of amides is 1. The maximum Gasteiger partial charge on any atom is 0.341 e. The molecule has 0 atom stereocenters. The predicted octanol–water partition coefficient (Wildman–Crippen LogP) is 2.91.